The molecule has 1 amide bonds. The molecule has 1 aliphatic heterocycles. The van der Waals surface area contributed by atoms with Crippen molar-refractivity contribution in [3.05, 3.63) is 0 Å². The summed E-state index contributed by atoms with van der Waals surface area (Å²) in [5, 5.41) is 9.09. The van der Waals surface area contributed by atoms with Crippen LogP contribution in [0.4, 0.5) is 0 Å². The van der Waals surface area contributed by atoms with Crippen molar-refractivity contribution in [2.75, 3.05) is 19.7 Å². The number of aliphatic hydroxyl groups excluding tert-OH is 1. The summed E-state index contributed by atoms with van der Waals surface area (Å²) in [5.74, 6) is 0.0497. The fourth-order valence-corrected chi connectivity index (χ4v) is 1.99. The maximum atomic E-state index is 11.9. The summed E-state index contributed by atoms with van der Waals surface area (Å²) >= 11 is 0. The van der Waals surface area contributed by atoms with E-state index in [2.05, 4.69) is 0 Å². The second-order valence-electron chi connectivity index (χ2n) is 3.85. The first-order valence-electron chi connectivity index (χ1n) is 5.36. The molecule has 0 aromatic heterocycles. The van der Waals surface area contributed by atoms with E-state index >= 15 is 0 Å². The molecule has 0 aliphatic carbocycles. The summed E-state index contributed by atoms with van der Waals surface area (Å²) in [4.78, 5) is 13.7. The number of amides is 1. The van der Waals surface area contributed by atoms with Crippen LogP contribution < -0.4 is 5.73 Å². The minimum Gasteiger partial charge on any atom is -0.394 e. The lowest BCUT2D eigenvalue weighted by molar-refractivity contribution is -0.136. The van der Waals surface area contributed by atoms with Crippen LogP contribution in [0.1, 0.15) is 26.2 Å². The molecule has 1 saturated heterocycles. The molecule has 0 radical (unpaired) electrons. The molecule has 0 spiro atoms. The Labute approximate surface area is 85.1 Å². The third kappa shape index (κ3) is 2.25. The van der Waals surface area contributed by atoms with Crippen molar-refractivity contribution in [1.29, 1.82) is 0 Å². The Balaban J connectivity index is 2.58. The Bertz CT molecular complexity index is 193. The normalized spacial score (nSPS) is 23.9. The molecule has 0 aromatic carbocycles. The average molecular weight is 200 g/mol. The monoisotopic (exact) mass is 200 g/mol. The van der Waals surface area contributed by atoms with Gasteiger partial charge in [0.25, 0.3) is 0 Å². The number of nitrogens with zero attached hydrogens (tertiary/aromatic N) is 1. The number of hydrogen-bond acceptors (Lipinski definition) is 3. The van der Waals surface area contributed by atoms with E-state index in [-0.39, 0.29) is 24.5 Å². The van der Waals surface area contributed by atoms with E-state index in [0.717, 1.165) is 25.8 Å². The Morgan fingerprint density at radius 3 is 2.93 bits per heavy atom. The molecule has 1 heterocycles. The van der Waals surface area contributed by atoms with Gasteiger partial charge in [0, 0.05) is 13.1 Å². The molecule has 14 heavy (non-hydrogen) atoms. The van der Waals surface area contributed by atoms with E-state index in [1.807, 2.05) is 6.92 Å². The van der Waals surface area contributed by atoms with E-state index in [9.17, 15) is 4.79 Å². The third-order valence-electron chi connectivity index (χ3n) is 3.00. The summed E-state index contributed by atoms with van der Waals surface area (Å²) in [6.07, 6.45) is 2.70. The smallest absolute Gasteiger partial charge is 0.227 e. The van der Waals surface area contributed by atoms with Gasteiger partial charge in [0.2, 0.25) is 5.91 Å². The molecule has 4 heteroatoms. The molecule has 0 bridgehead atoms. The van der Waals surface area contributed by atoms with Crippen LogP contribution in [0.25, 0.3) is 0 Å². The largest absolute Gasteiger partial charge is 0.394 e. The number of aliphatic hydroxyl groups is 1. The fourth-order valence-electron chi connectivity index (χ4n) is 1.99. The second kappa shape index (κ2) is 5.32. The van der Waals surface area contributed by atoms with Gasteiger partial charge in [-0.1, -0.05) is 6.92 Å². The summed E-state index contributed by atoms with van der Waals surface area (Å²) in [5.41, 5.74) is 5.53. The van der Waals surface area contributed by atoms with E-state index in [0.29, 0.717) is 6.54 Å². The first kappa shape index (κ1) is 11.5. The number of rotatable bonds is 4. The Hall–Kier alpha value is -0.610. The van der Waals surface area contributed by atoms with Gasteiger partial charge in [-0.15, -0.1) is 0 Å². The van der Waals surface area contributed by atoms with Crippen LogP contribution in [0.5, 0.6) is 0 Å². The quantitative estimate of drug-likeness (QED) is 0.669. The van der Waals surface area contributed by atoms with Crippen molar-refractivity contribution in [2.45, 2.75) is 32.2 Å². The predicted molar refractivity (Wildman–Crippen MR) is 54.7 cm³/mol. The lowest BCUT2D eigenvalue weighted by atomic mass is 10.0. The zero-order valence-electron chi connectivity index (χ0n) is 8.78. The topological polar surface area (TPSA) is 66.6 Å². The van der Waals surface area contributed by atoms with Crippen LogP contribution in [-0.2, 0) is 4.79 Å². The van der Waals surface area contributed by atoms with Crippen LogP contribution >= 0.6 is 0 Å². The maximum absolute atomic E-state index is 11.9. The molecular formula is C10H20N2O2. The molecule has 1 aliphatic rings. The Morgan fingerprint density at radius 1 is 1.71 bits per heavy atom. The fraction of sp³-hybridized carbons (Fsp3) is 0.900. The summed E-state index contributed by atoms with van der Waals surface area (Å²) in [6.45, 7) is 3.23. The van der Waals surface area contributed by atoms with Crippen molar-refractivity contribution in [1.82, 2.24) is 4.90 Å². The molecule has 4 nitrogen and oxygen atoms in total. The molecule has 1 fully saturated rings. The highest BCUT2D eigenvalue weighted by Crippen LogP contribution is 2.20. The third-order valence-corrected chi connectivity index (χ3v) is 3.00. The lowest BCUT2D eigenvalue weighted by Crippen LogP contribution is -2.43. The van der Waals surface area contributed by atoms with Gasteiger partial charge in [0.05, 0.1) is 18.6 Å². The first-order valence-corrected chi connectivity index (χ1v) is 5.36. The van der Waals surface area contributed by atoms with E-state index in [4.69, 9.17) is 10.8 Å². The van der Waals surface area contributed by atoms with E-state index in [1.165, 1.54) is 0 Å². The van der Waals surface area contributed by atoms with Crippen LogP contribution in [0, 0.1) is 5.92 Å². The van der Waals surface area contributed by atoms with Crippen molar-refractivity contribution in [3.8, 4) is 0 Å². The van der Waals surface area contributed by atoms with Crippen molar-refractivity contribution >= 4 is 5.91 Å². The Morgan fingerprint density at radius 2 is 2.43 bits per heavy atom. The summed E-state index contributed by atoms with van der Waals surface area (Å²) in [6, 6.07) is 0.0306. The van der Waals surface area contributed by atoms with Crippen LogP contribution in [0.2, 0.25) is 0 Å². The van der Waals surface area contributed by atoms with Crippen molar-refractivity contribution < 1.29 is 9.90 Å². The summed E-state index contributed by atoms with van der Waals surface area (Å²) < 4.78 is 0. The average Bonchev–Trinajstić information content (AvgIpc) is 2.67. The molecule has 82 valence electrons. The highest BCUT2D eigenvalue weighted by molar-refractivity contribution is 5.79. The van der Waals surface area contributed by atoms with Crippen LogP contribution in [-0.4, -0.2) is 41.7 Å². The van der Waals surface area contributed by atoms with Gasteiger partial charge in [-0.3, -0.25) is 4.79 Å². The van der Waals surface area contributed by atoms with Gasteiger partial charge >= 0.3 is 0 Å². The maximum Gasteiger partial charge on any atom is 0.227 e. The molecule has 1 unspecified atom stereocenters. The Kier molecular flexibility index (Phi) is 4.35. The highest BCUT2D eigenvalue weighted by Gasteiger charge is 2.31. The summed E-state index contributed by atoms with van der Waals surface area (Å²) in [7, 11) is 0. The van der Waals surface area contributed by atoms with Gasteiger partial charge in [-0.2, -0.15) is 0 Å². The number of hydrogen-bond donors (Lipinski definition) is 2. The standard InChI is InChI=1S/C10H20N2O2/c1-2-8(6-11)10(14)12-5-3-4-9(12)7-13/h8-9,13H,2-7,11H2,1H3/t8?,9-/m1/s1. The lowest BCUT2D eigenvalue weighted by Gasteiger charge is -2.26. The minimum atomic E-state index is -0.0675. The zero-order valence-corrected chi connectivity index (χ0v) is 8.78. The zero-order chi connectivity index (χ0) is 10.6. The first-order chi connectivity index (χ1) is 6.74. The SMILES string of the molecule is CCC(CN)C(=O)N1CCC[C@@H]1CO. The predicted octanol–water partition coefficient (Wildman–Crippen LogP) is -0.0454. The number of carbonyl (C=O) groups is 1. The van der Waals surface area contributed by atoms with Gasteiger partial charge in [0.1, 0.15) is 0 Å². The molecular weight excluding hydrogens is 180 g/mol. The van der Waals surface area contributed by atoms with Gasteiger partial charge < -0.3 is 15.7 Å². The highest BCUT2D eigenvalue weighted by atomic mass is 16.3. The van der Waals surface area contributed by atoms with Crippen molar-refractivity contribution in [3.63, 3.8) is 0 Å². The van der Waals surface area contributed by atoms with Gasteiger partial charge in [-0.25, -0.2) is 0 Å². The van der Waals surface area contributed by atoms with Crippen LogP contribution in [0.15, 0.2) is 0 Å². The van der Waals surface area contributed by atoms with E-state index in [1.54, 1.807) is 4.90 Å². The number of likely N-dealkylation sites (tertiary alicyclic amines) is 1. The molecule has 2 atom stereocenters. The van der Waals surface area contributed by atoms with Gasteiger partial charge in [0.15, 0.2) is 0 Å². The van der Waals surface area contributed by atoms with E-state index < -0.39 is 0 Å². The van der Waals surface area contributed by atoms with Crippen molar-refractivity contribution in [2.24, 2.45) is 11.7 Å². The van der Waals surface area contributed by atoms with Crippen LogP contribution in [0.3, 0.4) is 0 Å². The second-order valence-corrected chi connectivity index (χ2v) is 3.85. The molecule has 0 aromatic rings. The molecule has 0 saturated carbocycles. The molecule has 1 rings (SSSR count). The minimum absolute atomic E-state index is 0.0306. The number of carbonyl (C=O) groups excluding carboxylic acids is 1. The molecule has 3 N–H and O–H groups in total. The van der Waals surface area contributed by atoms with Gasteiger partial charge in [-0.05, 0) is 19.3 Å². The number of nitrogens with two attached hydrogens (primary N) is 1.